The summed E-state index contributed by atoms with van der Waals surface area (Å²) < 4.78 is 5.25. The van der Waals surface area contributed by atoms with Gasteiger partial charge in [0, 0.05) is 39.1 Å². The summed E-state index contributed by atoms with van der Waals surface area (Å²) in [5.74, 6) is 0.786. The number of rotatable bonds is 5. The van der Waals surface area contributed by atoms with Crippen molar-refractivity contribution in [2.45, 2.75) is 9.79 Å². The van der Waals surface area contributed by atoms with Crippen LogP contribution in [0.5, 0.6) is 5.75 Å². The molecule has 138 valence electrons. The summed E-state index contributed by atoms with van der Waals surface area (Å²) in [6.07, 6.45) is 1.87. The summed E-state index contributed by atoms with van der Waals surface area (Å²) in [7, 11) is 1.64. The maximum absolute atomic E-state index is 10.9. The molecule has 0 N–H and O–H groups in total. The maximum Gasteiger partial charge on any atom is 0.269 e. The first-order chi connectivity index (χ1) is 13.7. The highest BCUT2D eigenvalue weighted by atomic mass is 32.2. The van der Waals surface area contributed by atoms with Crippen molar-refractivity contribution in [3.63, 3.8) is 0 Å². The number of nitro benzene ring substituents is 1. The van der Waals surface area contributed by atoms with E-state index < -0.39 is 4.92 Å². The van der Waals surface area contributed by atoms with E-state index >= 15 is 0 Å². The number of nitro groups is 1. The van der Waals surface area contributed by atoms with Crippen molar-refractivity contribution < 1.29 is 9.66 Å². The van der Waals surface area contributed by atoms with Gasteiger partial charge in [0.15, 0.2) is 0 Å². The standard InChI is InChI=1S/C22H16N2O3S/c1-27-18-10-6-15(7-11-18)21-22(20-5-3-2-4-16(20)14-23-21)28-19-12-8-17(9-13-19)24(25)26/h2-14H,1H3. The van der Waals surface area contributed by atoms with E-state index in [4.69, 9.17) is 9.72 Å². The number of hydrogen-bond donors (Lipinski definition) is 0. The van der Waals surface area contributed by atoms with Crippen LogP contribution in [0.2, 0.25) is 0 Å². The van der Waals surface area contributed by atoms with E-state index in [0.29, 0.717) is 0 Å². The predicted octanol–water partition coefficient (Wildman–Crippen LogP) is 5.97. The lowest BCUT2D eigenvalue weighted by molar-refractivity contribution is -0.384. The number of pyridine rings is 1. The monoisotopic (exact) mass is 388 g/mol. The molecule has 0 aliphatic rings. The van der Waals surface area contributed by atoms with Crippen LogP contribution in [0.15, 0.2) is 88.8 Å². The second kappa shape index (κ2) is 7.70. The third kappa shape index (κ3) is 3.54. The van der Waals surface area contributed by atoms with E-state index in [1.807, 2.05) is 48.7 Å². The molecule has 0 unspecified atom stereocenters. The number of benzene rings is 3. The molecule has 0 fully saturated rings. The van der Waals surface area contributed by atoms with Gasteiger partial charge < -0.3 is 4.74 Å². The molecule has 4 aromatic rings. The average Bonchev–Trinajstić information content (AvgIpc) is 2.74. The minimum atomic E-state index is -0.392. The van der Waals surface area contributed by atoms with Gasteiger partial charge in [-0.15, -0.1) is 0 Å². The Balaban J connectivity index is 1.82. The number of non-ortho nitro benzene ring substituents is 1. The third-order valence-electron chi connectivity index (χ3n) is 4.38. The number of ether oxygens (including phenoxy) is 1. The minimum absolute atomic E-state index is 0.0794. The highest BCUT2D eigenvalue weighted by molar-refractivity contribution is 7.99. The first-order valence-electron chi connectivity index (χ1n) is 8.60. The fraction of sp³-hybridized carbons (Fsp3) is 0.0455. The lowest BCUT2D eigenvalue weighted by Crippen LogP contribution is -1.91. The molecule has 1 heterocycles. The largest absolute Gasteiger partial charge is 0.497 e. The van der Waals surface area contributed by atoms with Crippen LogP contribution in [0.25, 0.3) is 22.0 Å². The Morgan fingerprint density at radius 3 is 2.36 bits per heavy atom. The molecule has 0 saturated carbocycles. The second-order valence-corrected chi connectivity index (χ2v) is 7.19. The van der Waals surface area contributed by atoms with Crippen LogP contribution in [0.1, 0.15) is 0 Å². The Bertz CT molecular complexity index is 1140. The molecule has 0 radical (unpaired) electrons. The Labute approximate surface area is 166 Å². The molecule has 1 aromatic heterocycles. The van der Waals surface area contributed by atoms with Crippen LogP contribution in [0.3, 0.4) is 0 Å². The number of nitrogens with zero attached hydrogens (tertiary/aromatic N) is 2. The zero-order chi connectivity index (χ0) is 19.5. The first-order valence-corrected chi connectivity index (χ1v) is 9.42. The van der Waals surface area contributed by atoms with Crippen molar-refractivity contribution in [2.75, 3.05) is 7.11 Å². The Hall–Kier alpha value is -3.38. The Morgan fingerprint density at radius 1 is 0.964 bits per heavy atom. The van der Waals surface area contributed by atoms with E-state index in [2.05, 4.69) is 6.07 Å². The zero-order valence-corrected chi connectivity index (χ0v) is 15.8. The fourth-order valence-corrected chi connectivity index (χ4v) is 4.02. The SMILES string of the molecule is COc1ccc(-c2ncc3ccccc3c2Sc2ccc([N+](=O)[O-])cc2)cc1. The molecule has 5 nitrogen and oxygen atoms in total. The lowest BCUT2D eigenvalue weighted by Gasteiger charge is -2.12. The average molecular weight is 388 g/mol. The van der Waals surface area contributed by atoms with Gasteiger partial charge in [0.25, 0.3) is 5.69 Å². The highest BCUT2D eigenvalue weighted by Gasteiger charge is 2.14. The molecular weight excluding hydrogens is 372 g/mol. The van der Waals surface area contributed by atoms with Gasteiger partial charge in [0.05, 0.1) is 17.7 Å². The number of fused-ring (bicyclic) bond motifs is 1. The molecule has 4 rings (SSSR count). The third-order valence-corrected chi connectivity index (χ3v) is 5.51. The molecule has 0 saturated heterocycles. The summed E-state index contributed by atoms with van der Waals surface area (Å²) in [6.45, 7) is 0. The quantitative estimate of drug-likeness (QED) is 0.311. The van der Waals surface area contributed by atoms with E-state index in [0.717, 1.165) is 37.6 Å². The highest BCUT2D eigenvalue weighted by Crippen LogP contribution is 2.40. The summed E-state index contributed by atoms with van der Waals surface area (Å²) in [6, 6.07) is 22.4. The Kier molecular flexibility index (Phi) is 4.95. The maximum atomic E-state index is 10.9. The van der Waals surface area contributed by atoms with Gasteiger partial charge in [-0.2, -0.15) is 0 Å². The molecule has 0 amide bonds. The first kappa shape index (κ1) is 18.0. The summed E-state index contributed by atoms with van der Waals surface area (Å²) in [4.78, 5) is 17.2. The number of aromatic nitrogens is 1. The molecule has 3 aromatic carbocycles. The molecule has 6 heteroatoms. The normalized spacial score (nSPS) is 10.8. The number of hydrogen-bond acceptors (Lipinski definition) is 5. The molecule has 0 bridgehead atoms. The van der Waals surface area contributed by atoms with Crippen molar-refractivity contribution in [1.29, 1.82) is 0 Å². The number of methoxy groups -OCH3 is 1. The van der Waals surface area contributed by atoms with Crippen LogP contribution in [0.4, 0.5) is 5.69 Å². The molecule has 0 atom stereocenters. The van der Waals surface area contributed by atoms with Crippen molar-refractivity contribution in [3.8, 4) is 17.0 Å². The van der Waals surface area contributed by atoms with E-state index in [-0.39, 0.29) is 5.69 Å². The lowest BCUT2D eigenvalue weighted by atomic mass is 10.1. The topological polar surface area (TPSA) is 65.3 Å². The van der Waals surface area contributed by atoms with Crippen LogP contribution >= 0.6 is 11.8 Å². The van der Waals surface area contributed by atoms with Gasteiger partial charge in [-0.05, 0) is 41.8 Å². The molecule has 28 heavy (non-hydrogen) atoms. The Morgan fingerprint density at radius 2 is 1.68 bits per heavy atom. The molecule has 0 aliphatic carbocycles. The van der Waals surface area contributed by atoms with Gasteiger partial charge in [0.2, 0.25) is 0 Å². The summed E-state index contributed by atoms with van der Waals surface area (Å²) in [5.41, 5.74) is 1.93. The zero-order valence-electron chi connectivity index (χ0n) is 15.0. The fourth-order valence-electron chi connectivity index (χ4n) is 2.95. The van der Waals surface area contributed by atoms with Crippen molar-refractivity contribution in [2.24, 2.45) is 0 Å². The minimum Gasteiger partial charge on any atom is -0.497 e. The predicted molar refractivity (Wildman–Crippen MR) is 111 cm³/mol. The van der Waals surface area contributed by atoms with Crippen molar-refractivity contribution >= 4 is 28.2 Å². The van der Waals surface area contributed by atoms with Crippen molar-refractivity contribution in [3.05, 3.63) is 89.1 Å². The summed E-state index contributed by atoms with van der Waals surface area (Å²) in [5, 5.41) is 13.1. The summed E-state index contributed by atoms with van der Waals surface area (Å²) >= 11 is 1.55. The molecule has 0 spiro atoms. The van der Waals surface area contributed by atoms with Gasteiger partial charge in [-0.3, -0.25) is 15.1 Å². The smallest absolute Gasteiger partial charge is 0.269 e. The van der Waals surface area contributed by atoms with Crippen LogP contribution in [0, 0.1) is 10.1 Å². The van der Waals surface area contributed by atoms with E-state index in [1.165, 1.54) is 12.1 Å². The van der Waals surface area contributed by atoms with E-state index in [1.54, 1.807) is 31.0 Å². The van der Waals surface area contributed by atoms with Gasteiger partial charge >= 0.3 is 0 Å². The molecule has 0 aliphatic heterocycles. The van der Waals surface area contributed by atoms with Gasteiger partial charge in [0.1, 0.15) is 5.75 Å². The second-order valence-electron chi connectivity index (χ2n) is 6.10. The van der Waals surface area contributed by atoms with E-state index in [9.17, 15) is 10.1 Å². The van der Waals surface area contributed by atoms with Crippen LogP contribution < -0.4 is 4.74 Å². The van der Waals surface area contributed by atoms with Gasteiger partial charge in [-0.25, -0.2) is 0 Å². The van der Waals surface area contributed by atoms with Crippen molar-refractivity contribution in [1.82, 2.24) is 4.98 Å². The van der Waals surface area contributed by atoms with Gasteiger partial charge in [-0.1, -0.05) is 36.0 Å². The molecular formula is C22H16N2O3S. The van der Waals surface area contributed by atoms with Crippen LogP contribution in [-0.4, -0.2) is 17.0 Å². The van der Waals surface area contributed by atoms with Crippen LogP contribution in [-0.2, 0) is 0 Å².